The number of nitrogens with one attached hydrogen (secondary N) is 1. The lowest BCUT2D eigenvalue weighted by molar-refractivity contribution is -0.119. The number of carbonyl (C=O) groups excluding carboxylic acids is 1. The van der Waals surface area contributed by atoms with Crippen LogP contribution in [0.4, 0.5) is 4.39 Å². The second-order valence-electron chi connectivity index (χ2n) is 4.40. The third kappa shape index (κ3) is 3.51. The molecular formula is C13H18FNO3. The van der Waals surface area contributed by atoms with Crippen LogP contribution in [0.3, 0.4) is 0 Å². The van der Waals surface area contributed by atoms with Gasteiger partial charge < -0.3 is 15.5 Å². The summed E-state index contributed by atoms with van der Waals surface area (Å²) in [5.74, 6) is -0.661. The van der Waals surface area contributed by atoms with E-state index in [0.29, 0.717) is 16.7 Å². The molecule has 1 amide bonds. The van der Waals surface area contributed by atoms with Crippen molar-refractivity contribution in [1.29, 1.82) is 0 Å². The van der Waals surface area contributed by atoms with Gasteiger partial charge in [-0.05, 0) is 42.7 Å². The van der Waals surface area contributed by atoms with Crippen molar-refractivity contribution in [2.24, 2.45) is 0 Å². The van der Waals surface area contributed by atoms with Gasteiger partial charge in [0.1, 0.15) is 18.0 Å². The molecule has 0 aliphatic rings. The number of halogens is 1. The molecule has 2 unspecified atom stereocenters. The van der Waals surface area contributed by atoms with Crippen molar-refractivity contribution in [3.8, 4) is 0 Å². The average molecular weight is 255 g/mol. The van der Waals surface area contributed by atoms with Crippen LogP contribution in [0.5, 0.6) is 0 Å². The summed E-state index contributed by atoms with van der Waals surface area (Å²) in [5.41, 5.74) is 1.64. The lowest BCUT2D eigenvalue weighted by Crippen LogP contribution is -2.34. The predicted octanol–water partition coefficient (Wildman–Crippen LogP) is 0.973. The number of hydrogen-bond donors (Lipinski definition) is 3. The van der Waals surface area contributed by atoms with Crippen LogP contribution in [0.2, 0.25) is 0 Å². The molecule has 0 saturated heterocycles. The molecule has 0 heterocycles. The number of aryl methyl sites for hydroxylation is 2. The molecule has 0 fully saturated rings. The topological polar surface area (TPSA) is 69.6 Å². The van der Waals surface area contributed by atoms with E-state index in [0.717, 1.165) is 0 Å². The molecule has 5 heteroatoms. The van der Waals surface area contributed by atoms with Gasteiger partial charge in [-0.1, -0.05) is 0 Å². The van der Waals surface area contributed by atoms with Gasteiger partial charge in [-0.25, -0.2) is 4.39 Å². The zero-order chi connectivity index (χ0) is 13.9. The smallest absolute Gasteiger partial charge is 0.216 e. The molecule has 2 atom stereocenters. The summed E-state index contributed by atoms with van der Waals surface area (Å²) < 4.78 is 13.1. The number of aliphatic hydroxyl groups is 2. The van der Waals surface area contributed by atoms with Crippen molar-refractivity contribution in [2.75, 3.05) is 6.54 Å². The van der Waals surface area contributed by atoms with Crippen molar-refractivity contribution in [2.45, 2.75) is 33.0 Å². The Bertz CT molecular complexity index is 425. The van der Waals surface area contributed by atoms with E-state index in [2.05, 4.69) is 5.32 Å². The SMILES string of the molecule is CC(=O)NCC(O)C(O)c1c(C)cc(F)cc1C. The molecule has 100 valence electrons. The van der Waals surface area contributed by atoms with Crippen LogP contribution in [0.1, 0.15) is 29.7 Å². The van der Waals surface area contributed by atoms with Gasteiger partial charge >= 0.3 is 0 Å². The van der Waals surface area contributed by atoms with Gasteiger partial charge in [-0.2, -0.15) is 0 Å². The van der Waals surface area contributed by atoms with E-state index in [4.69, 9.17) is 0 Å². The predicted molar refractivity (Wildman–Crippen MR) is 65.5 cm³/mol. The van der Waals surface area contributed by atoms with Crippen LogP contribution < -0.4 is 5.32 Å². The van der Waals surface area contributed by atoms with Crippen molar-refractivity contribution in [3.05, 3.63) is 34.6 Å². The Balaban J connectivity index is 2.89. The second-order valence-corrected chi connectivity index (χ2v) is 4.40. The summed E-state index contributed by atoms with van der Waals surface area (Å²) in [6.45, 7) is 4.61. The zero-order valence-electron chi connectivity index (χ0n) is 10.7. The minimum absolute atomic E-state index is 0.0489. The standard InChI is InChI=1S/C13H18FNO3/c1-7-4-10(14)5-8(2)12(7)13(18)11(17)6-15-9(3)16/h4-5,11,13,17-18H,6H2,1-3H3,(H,15,16). The van der Waals surface area contributed by atoms with Crippen LogP contribution in [-0.2, 0) is 4.79 Å². The van der Waals surface area contributed by atoms with Gasteiger partial charge in [0.2, 0.25) is 5.91 Å². The minimum Gasteiger partial charge on any atom is -0.388 e. The van der Waals surface area contributed by atoms with Crippen LogP contribution in [0.25, 0.3) is 0 Å². The van der Waals surface area contributed by atoms with Gasteiger partial charge in [0.15, 0.2) is 0 Å². The first kappa shape index (κ1) is 14.6. The zero-order valence-corrected chi connectivity index (χ0v) is 10.7. The van der Waals surface area contributed by atoms with E-state index in [9.17, 15) is 19.4 Å². The lowest BCUT2D eigenvalue weighted by atomic mass is 9.94. The van der Waals surface area contributed by atoms with E-state index < -0.39 is 12.2 Å². The van der Waals surface area contributed by atoms with Crippen LogP contribution in [-0.4, -0.2) is 28.8 Å². The van der Waals surface area contributed by atoms with Gasteiger partial charge in [0, 0.05) is 13.5 Å². The molecule has 1 aromatic carbocycles. The minimum atomic E-state index is -1.16. The number of benzene rings is 1. The Hall–Kier alpha value is -1.46. The number of hydrogen-bond acceptors (Lipinski definition) is 3. The Morgan fingerprint density at radius 2 is 1.83 bits per heavy atom. The Labute approximate surface area is 105 Å². The van der Waals surface area contributed by atoms with Gasteiger partial charge in [0.25, 0.3) is 0 Å². The first-order valence-corrected chi connectivity index (χ1v) is 5.70. The van der Waals surface area contributed by atoms with Crippen LogP contribution >= 0.6 is 0 Å². The van der Waals surface area contributed by atoms with Crippen molar-refractivity contribution >= 4 is 5.91 Å². The summed E-state index contributed by atoms with van der Waals surface area (Å²) in [4.78, 5) is 10.7. The third-order valence-electron chi connectivity index (χ3n) is 2.78. The number of rotatable bonds is 4. The normalized spacial score (nSPS) is 14.1. The van der Waals surface area contributed by atoms with E-state index in [1.807, 2.05) is 0 Å². The maximum atomic E-state index is 13.1. The Morgan fingerprint density at radius 3 is 2.28 bits per heavy atom. The molecule has 18 heavy (non-hydrogen) atoms. The van der Waals surface area contributed by atoms with Gasteiger partial charge in [-0.3, -0.25) is 4.79 Å². The average Bonchev–Trinajstić information content (AvgIpc) is 2.24. The molecule has 4 nitrogen and oxygen atoms in total. The summed E-state index contributed by atoms with van der Waals surface area (Å²) in [6.07, 6.45) is -2.28. The molecule has 0 aromatic heterocycles. The first-order valence-electron chi connectivity index (χ1n) is 5.70. The first-order chi connectivity index (χ1) is 8.32. The highest BCUT2D eigenvalue weighted by Gasteiger charge is 2.22. The molecule has 0 aliphatic heterocycles. The fourth-order valence-corrected chi connectivity index (χ4v) is 1.94. The fraction of sp³-hybridized carbons (Fsp3) is 0.462. The highest BCUT2D eigenvalue weighted by molar-refractivity contribution is 5.72. The molecular weight excluding hydrogens is 237 g/mol. The van der Waals surface area contributed by atoms with Crippen molar-refractivity contribution in [1.82, 2.24) is 5.32 Å². The summed E-state index contributed by atoms with van der Waals surface area (Å²) in [6, 6.07) is 2.60. The van der Waals surface area contributed by atoms with E-state index in [1.54, 1.807) is 13.8 Å². The van der Waals surface area contributed by atoms with Gasteiger partial charge in [-0.15, -0.1) is 0 Å². The highest BCUT2D eigenvalue weighted by Crippen LogP contribution is 2.25. The largest absolute Gasteiger partial charge is 0.388 e. The molecule has 3 N–H and O–H groups in total. The summed E-state index contributed by atoms with van der Waals surface area (Å²) in [7, 11) is 0. The van der Waals surface area contributed by atoms with E-state index >= 15 is 0 Å². The number of carbonyl (C=O) groups is 1. The molecule has 1 aromatic rings. The molecule has 0 saturated carbocycles. The molecule has 0 radical (unpaired) electrons. The second kappa shape index (κ2) is 5.93. The van der Waals surface area contributed by atoms with Gasteiger partial charge in [0.05, 0.1) is 0 Å². The molecule has 0 spiro atoms. The maximum Gasteiger partial charge on any atom is 0.216 e. The lowest BCUT2D eigenvalue weighted by Gasteiger charge is -2.22. The van der Waals surface area contributed by atoms with E-state index in [-0.39, 0.29) is 18.3 Å². The maximum absolute atomic E-state index is 13.1. The molecule has 1 rings (SSSR count). The fourth-order valence-electron chi connectivity index (χ4n) is 1.94. The quantitative estimate of drug-likeness (QED) is 0.751. The van der Waals surface area contributed by atoms with Crippen molar-refractivity contribution < 1.29 is 19.4 Å². The molecule has 0 aliphatic carbocycles. The van der Waals surface area contributed by atoms with Crippen LogP contribution in [0, 0.1) is 19.7 Å². The summed E-state index contributed by atoms with van der Waals surface area (Å²) in [5, 5.41) is 22.2. The molecule has 0 bridgehead atoms. The number of amides is 1. The van der Waals surface area contributed by atoms with Crippen LogP contribution in [0.15, 0.2) is 12.1 Å². The van der Waals surface area contributed by atoms with E-state index in [1.165, 1.54) is 19.1 Å². The van der Waals surface area contributed by atoms with Crippen molar-refractivity contribution in [3.63, 3.8) is 0 Å². The summed E-state index contributed by atoms with van der Waals surface area (Å²) >= 11 is 0. The Kier molecular flexibility index (Phi) is 4.81. The third-order valence-corrected chi connectivity index (χ3v) is 2.78. The monoisotopic (exact) mass is 255 g/mol. The highest BCUT2D eigenvalue weighted by atomic mass is 19.1. The Morgan fingerprint density at radius 1 is 1.33 bits per heavy atom. The number of aliphatic hydroxyl groups excluding tert-OH is 2.